The molecule has 0 heteroatoms. The van der Waals surface area contributed by atoms with Crippen molar-refractivity contribution in [2.24, 2.45) is 0 Å². The normalized spacial score (nSPS) is 25.3. The van der Waals surface area contributed by atoms with Crippen LogP contribution in [0.2, 0.25) is 0 Å². The van der Waals surface area contributed by atoms with E-state index in [1.54, 1.807) is 44.6 Å². The van der Waals surface area contributed by atoms with Crippen LogP contribution in [-0.2, 0) is 0 Å². The number of hydrogen-bond donors (Lipinski definition) is 0. The van der Waals surface area contributed by atoms with Gasteiger partial charge >= 0.3 is 0 Å². The van der Waals surface area contributed by atoms with Crippen molar-refractivity contribution in [1.29, 1.82) is 0 Å². The minimum Gasteiger partial charge on any atom is -0.0651 e. The Bertz CT molecular complexity index is 733. The number of allylic oxidation sites excluding steroid dienone is 14. The van der Waals surface area contributed by atoms with Gasteiger partial charge in [-0.15, -0.1) is 0 Å². The van der Waals surface area contributed by atoms with Crippen LogP contribution in [0.25, 0.3) is 0 Å². The molecule has 0 nitrogen and oxygen atoms in total. The molecule has 0 bridgehead atoms. The second-order valence-corrected chi connectivity index (χ2v) is 8.42. The molecule has 0 heterocycles. The first-order chi connectivity index (χ1) is 13.7. The lowest BCUT2D eigenvalue weighted by Gasteiger charge is -2.36. The van der Waals surface area contributed by atoms with Gasteiger partial charge in [0.15, 0.2) is 0 Å². The summed E-state index contributed by atoms with van der Waals surface area (Å²) < 4.78 is 0. The van der Waals surface area contributed by atoms with Gasteiger partial charge in [-0.25, -0.2) is 0 Å². The van der Waals surface area contributed by atoms with Gasteiger partial charge < -0.3 is 0 Å². The zero-order valence-corrected chi connectivity index (χ0v) is 18.5. The van der Waals surface area contributed by atoms with Gasteiger partial charge in [-0.05, 0) is 72.0 Å². The van der Waals surface area contributed by atoms with Crippen LogP contribution >= 0.6 is 0 Å². The lowest BCUT2D eigenvalue weighted by atomic mass is 9.68. The summed E-state index contributed by atoms with van der Waals surface area (Å²) in [5.74, 6) is 0. The molecule has 150 valence electrons. The fourth-order valence-corrected chi connectivity index (χ4v) is 5.16. The smallest absolute Gasteiger partial charge is 0.00548 e. The highest BCUT2D eigenvalue weighted by Crippen LogP contribution is 2.50. The lowest BCUT2D eigenvalue weighted by molar-refractivity contribution is 0.759. The molecule has 0 radical (unpaired) electrons. The molecule has 0 saturated heterocycles. The molecule has 3 aliphatic rings. The average Bonchev–Trinajstić information content (AvgIpc) is 2.78. The molecule has 0 amide bonds. The summed E-state index contributed by atoms with van der Waals surface area (Å²) in [4.78, 5) is 0. The van der Waals surface area contributed by atoms with E-state index in [4.69, 9.17) is 0 Å². The molecule has 0 aromatic heterocycles. The van der Waals surface area contributed by atoms with Crippen molar-refractivity contribution in [3.05, 3.63) is 81.0 Å². The molecule has 0 aromatic rings. The van der Waals surface area contributed by atoms with Crippen molar-refractivity contribution in [3.8, 4) is 0 Å². The molecule has 3 rings (SSSR count). The molecular weight excluding hydrogens is 336 g/mol. The van der Waals surface area contributed by atoms with Crippen LogP contribution in [0.3, 0.4) is 0 Å². The van der Waals surface area contributed by atoms with E-state index in [0.717, 1.165) is 12.8 Å². The molecule has 0 spiro atoms. The SMILES string of the molecule is CCCC1=C(CCC)C2=C3\C(=C/C=C\C=C/C=C\3CC(CCC)=C2CCC)C1. The Morgan fingerprint density at radius 1 is 0.536 bits per heavy atom. The zero-order chi connectivity index (χ0) is 19.9. The van der Waals surface area contributed by atoms with Crippen LogP contribution < -0.4 is 0 Å². The highest BCUT2D eigenvalue weighted by Gasteiger charge is 2.32. The van der Waals surface area contributed by atoms with Gasteiger partial charge in [0, 0.05) is 0 Å². The minimum absolute atomic E-state index is 1.15. The van der Waals surface area contributed by atoms with Gasteiger partial charge in [0.1, 0.15) is 0 Å². The summed E-state index contributed by atoms with van der Waals surface area (Å²) in [7, 11) is 0. The molecule has 0 saturated carbocycles. The van der Waals surface area contributed by atoms with Crippen molar-refractivity contribution in [3.63, 3.8) is 0 Å². The third-order valence-electron chi connectivity index (χ3n) is 6.19. The Morgan fingerprint density at radius 3 is 1.36 bits per heavy atom. The van der Waals surface area contributed by atoms with E-state index >= 15 is 0 Å². The van der Waals surface area contributed by atoms with Gasteiger partial charge in [-0.3, -0.25) is 0 Å². The molecule has 0 aliphatic heterocycles. The van der Waals surface area contributed by atoms with Crippen molar-refractivity contribution in [2.45, 2.75) is 91.9 Å². The van der Waals surface area contributed by atoms with Gasteiger partial charge in [0.25, 0.3) is 0 Å². The maximum Gasteiger partial charge on any atom is -0.00548 e. The minimum atomic E-state index is 1.15. The summed E-state index contributed by atoms with van der Waals surface area (Å²) in [5.41, 5.74) is 13.2. The lowest BCUT2D eigenvalue weighted by Crippen LogP contribution is -2.18. The van der Waals surface area contributed by atoms with Crippen LogP contribution in [0.5, 0.6) is 0 Å². The maximum absolute atomic E-state index is 2.39. The Balaban J connectivity index is 2.31. The number of rotatable bonds is 8. The molecule has 0 atom stereocenters. The quantitative estimate of drug-likeness (QED) is 0.398. The fraction of sp³-hybridized carbons (Fsp3) is 0.500. The van der Waals surface area contributed by atoms with Crippen LogP contribution in [0.15, 0.2) is 81.0 Å². The first-order valence-corrected chi connectivity index (χ1v) is 11.7. The second-order valence-electron chi connectivity index (χ2n) is 8.42. The van der Waals surface area contributed by atoms with E-state index in [1.165, 1.54) is 51.4 Å². The topological polar surface area (TPSA) is 0 Å². The highest BCUT2D eigenvalue weighted by atomic mass is 14.4. The van der Waals surface area contributed by atoms with E-state index < -0.39 is 0 Å². The third-order valence-corrected chi connectivity index (χ3v) is 6.19. The van der Waals surface area contributed by atoms with Gasteiger partial charge in [-0.2, -0.15) is 0 Å². The van der Waals surface area contributed by atoms with Crippen molar-refractivity contribution in [1.82, 2.24) is 0 Å². The van der Waals surface area contributed by atoms with Crippen molar-refractivity contribution in [2.75, 3.05) is 0 Å². The average molecular weight is 375 g/mol. The second kappa shape index (κ2) is 10.1. The number of hydrogen-bond acceptors (Lipinski definition) is 0. The van der Waals surface area contributed by atoms with Crippen molar-refractivity contribution < 1.29 is 0 Å². The van der Waals surface area contributed by atoms with Crippen LogP contribution in [0.4, 0.5) is 0 Å². The predicted molar refractivity (Wildman–Crippen MR) is 124 cm³/mol. The molecule has 28 heavy (non-hydrogen) atoms. The zero-order valence-electron chi connectivity index (χ0n) is 18.5. The molecule has 0 aromatic carbocycles. The van der Waals surface area contributed by atoms with Crippen molar-refractivity contribution >= 4 is 0 Å². The Morgan fingerprint density at radius 2 is 0.964 bits per heavy atom. The summed E-state index contributed by atoms with van der Waals surface area (Å²) in [6, 6.07) is 0. The third kappa shape index (κ3) is 4.27. The summed E-state index contributed by atoms with van der Waals surface area (Å²) >= 11 is 0. The maximum atomic E-state index is 2.39. The van der Waals surface area contributed by atoms with Gasteiger partial charge in [0.05, 0.1) is 0 Å². The Labute approximate surface area is 173 Å². The van der Waals surface area contributed by atoms with Crippen LogP contribution in [0.1, 0.15) is 91.9 Å². The van der Waals surface area contributed by atoms with E-state index in [2.05, 4.69) is 64.2 Å². The first kappa shape index (κ1) is 20.9. The fourth-order valence-electron chi connectivity index (χ4n) is 5.16. The monoisotopic (exact) mass is 374 g/mol. The highest BCUT2D eigenvalue weighted by molar-refractivity contribution is 5.71. The summed E-state index contributed by atoms with van der Waals surface area (Å²) in [6.07, 6.45) is 25.8. The Hall–Kier alpha value is -1.82. The summed E-state index contributed by atoms with van der Waals surface area (Å²) in [6.45, 7) is 9.35. The van der Waals surface area contributed by atoms with Gasteiger partial charge in [0.2, 0.25) is 0 Å². The molecular formula is C28H38. The molecule has 0 N–H and O–H groups in total. The molecule has 0 unspecified atom stereocenters. The van der Waals surface area contributed by atoms with Crippen LogP contribution in [0, 0.1) is 0 Å². The molecule has 3 aliphatic carbocycles. The summed E-state index contributed by atoms with van der Waals surface area (Å²) in [5, 5.41) is 0. The predicted octanol–water partition coefficient (Wildman–Crippen LogP) is 8.86. The van der Waals surface area contributed by atoms with E-state index in [1.807, 2.05) is 0 Å². The van der Waals surface area contributed by atoms with E-state index in [9.17, 15) is 0 Å². The van der Waals surface area contributed by atoms with E-state index in [-0.39, 0.29) is 0 Å². The van der Waals surface area contributed by atoms with Gasteiger partial charge in [-0.1, -0.05) is 101 Å². The standard InChI is InChI=1S/C28H38/c1-5-13-21-19-23-17-11-9-10-12-18-24-20-22(14-6-2)26(16-8-4)28(27(23)24)25(21)15-7-3/h9-12,17-18H,5-8,13-16,19-20H2,1-4H3/b11-9-,12-10-,23-17-,24-18-. The van der Waals surface area contributed by atoms with E-state index in [0.29, 0.717) is 0 Å². The molecule has 0 fully saturated rings. The Kier molecular flexibility index (Phi) is 7.54. The largest absolute Gasteiger partial charge is 0.0651 e. The first-order valence-electron chi connectivity index (χ1n) is 11.7. The van der Waals surface area contributed by atoms with Crippen LogP contribution in [-0.4, -0.2) is 0 Å².